The van der Waals surface area contributed by atoms with Crippen LogP contribution in [0.2, 0.25) is 0 Å². The smallest absolute Gasteiger partial charge is 0.255 e. The number of hydrogen-bond donors (Lipinski definition) is 2. The summed E-state index contributed by atoms with van der Waals surface area (Å²) in [5.41, 5.74) is 7.85. The van der Waals surface area contributed by atoms with E-state index in [4.69, 9.17) is 19.6 Å². The number of aryl methyl sites for hydroxylation is 3. The fraction of sp³-hybridized carbons (Fsp3) is 0.216. The maximum atomic E-state index is 14.3. The first-order valence-electron chi connectivity index (χ1n) is 15.3. The molecule has 8 nitrogen and oxygen atoms in total. The molecule has 1 unspecified atom stereocenters. The number of nitrogens with zero attached hydrogens (tertiary/aromatic N) is 3. The fourth-order valence-corrected chi connectivity index (χ4v) is 6.39. The summed E-state index contributed by atoms with van der Waals surface area (Å²) in [7, 11) is 1.56. The molecule has 2 N–H and O–H groups in total. The Morgan fingerprint density at radius 2 is 1.66 bits per heavy atom. The standard InChI is InChI=1S/C37H36FN5O3S/c1-22-18-24(3)28(19-23(22)2)20-46-29-16-14-26(15-17-29)34-33(35(44)40-31-12-8-9-13-32(31)45-5)25(4)39-36-41-37(42-43(34)36)47-21-27-10-6-7-11-30(27)38/h6-19,34H,20-21H2,1-5H3,(H,40,44)(H,39,41,42). The van der Waals surface area contributed by atoms with Crippen LogP contribution in [0.3, 0.4) is 0 Å². The van der Waals surface area contributed by atoms with Crippen molar-refractivity contribution in [3.05, 3.63) is 135 Å². The third-order valence-corrected chi connectivity index (χ3v) is 9.18. The topological polar surface area (TPSA) is 90.3 Å². The quantitative estimate of drug-likeness (QED) is 0.148. The summed E-state index contributed by atoms with van der Waals surface area (Å²) in [5, 5.41) is 11.5. The van der Waals surface area contributed by atoms with E-state index in [9.17, 15) is 9.18 Å². The lowest BCUT2D eigenvalue weighted by Crippen LogP contribution is -2.31. The molecule has 0 aliphatic carbocycles. The summed E-state index contributed by atoms with van der Waals surface area (Å²) in [4.78, 5) is 18.7. The Hall–Kier alpha value is -5.09. The predicted molar refractivity (Wildman–Crippen MR) is 183 cm³/mol. The van der Waals surface area contributed by atoms with Gasteiger partial charge in [-0.2, -0.15) is 4.98 Å². The average molecular weight is 650 g/mol. The third-order valence-electron chi connectivity index (χ3n) is 8.29. The number of aromatic nitrogens is 3. The number of benzene rings is 4. The van der Waals surface area contributed by atoms with Gasteiger partial charge in [-0.25, -0.2) is 9.07 Å². The Morgan fingerprint density at radius 3 is 2.43 bits per heavy atom. The van der Waals surface area contributed by atoms with Gasteiger partial charge in [-0.15, -0.1) is 5.10 Å². The molecule has 240 valence electrons. The second-order valence-corrected chi connectivity index (χ2v) is 12.4. The number of carbonyl (C=O) groups is 1. The minimum Gasteiger partial charge on any atom is -0.495 e. The number of nitrogens with one attached hydrogen (secondary N) is 2. The molecule has 0 saturated heterocycles. The van der Waals surface area contributed by atoms with Crippen molar-refractivity contribution in [3.8, 4) is 11.5 Å². The Labute approximate surface area is 278 Å². The largest absolute Gasteiger partial charge is 0.495 e. The minimum absolute atomic E-state index is 0.275. The highest BCUT2D eigenvalue weighted by atomic mass is 32.2. The molecule has 2 heterocycles. The van der Waals surface area contributed by atoms with Gasteiger partial charge in [0.2, 0.25) is 11.1 Å². The number of fused-ring (bicyclic) bond motifs is 1. The fourth-order valence-electron chi connectivity index (χ4n) is 5.57. The summed E-state index contributed by atoms with van der Waals surface area (Å²) in [6.45, 7) is 8.60. The second kappa shape index (κ2) is 13.7. The van der Waals surface area contributed by atoms with Gasteiger partial charge in [-0.3, -0.25) is 4.79 Å². The van der Waals surface area contributed by atoms with Crippen LogP contribution in [-0.2, 0) is 17.2 Å². The average Bonchev–Trinajstić information content (AvgIpc) is 3.47. The first-order chi connectivity index (χ1) is 22.7. The molecule has 0 fully saturated rings. The van der Waals surface area contributed by atoms with Crippen molar-refractivity contribution >= 4 is 29.3 Å². The third kappa shape index (κ3) is 6.88. The number of halogens is 1. The highest BCUT2D eigenvalue weighted by Crippen LogP contribution is 2.38. The first-order valence-corrected chi connectivity index (χ1v) is 16.2. The van der Waals surface area contributed by atoms with Crippen molar-refractivity contribution in [2.45, 2.75) is 51.3 Å². The molecule has 5 aromatic rings. The normalized spacial score (nSPS) is 14.0. The number of hydrogen-bond acceptors (Lipinski definition) is 7. The summed E-state index contributed by atoms with van der Waals surface area (Å²) in [6.07, 6.45) is 0. The number of rotatable bonds is 10. The van der Waals surface area contributed by atoms with Crippen LogP contribution in [0, 0.1) is 26.6 Å². The molecule has 0 saturated carbocycles. The van der Waals surface area contributed by atoms with Gasteiger partial charge in [0.1, 0.15) is 30.0 Å². The van der Waals surface area contributed by atoms with E-state index in [0.717, 1.165) is 11.1 Å². The zero-order valence-electron chi connectivity index (χ0n) is 26.9. The Balaban J connectivity index is 1.30. The highest BCUT2D eigenvalue weighted by molar-refractivity contribution is 7.98. The molecule has 0 spiro atoms. The van der Waals surface area contributed by atoms with Crippen LogP contribution in [0.1, 0.15) is 46.3 Å². The molecule has 6 rings (SSSR count). The number of carbonyl (C=O) groups excluding carboxylic acids is 1. The zero-order chi connectivity index (χ0) is 33.1. The van der Waals surface area contributed by atoms with Crippen LogP contribution in [-0.4, -0.2) is 27.8 Å². The number of allylic oxidation sites excluding steroid dienone is 1. The lowest BCUT2D eigenvalue weighted by atomic mass is 9.95. The zero-order valence-corrected chi connectivity index (χ0v) is 27.7. The summed E-state index contributed by atoms with van der Waals surface area (Å²) >= 11 is 1.33. The van der Waals surface area contributed by atoms with Gasteiger partial charge in [0.05, 0.1) is 18.4 Å². The highest BCUT2D eigenvalue weighted by Gasteiger charge is 2.35. The van der Waals surface area contributed by atoms with E-state index in [-0.39, 0.29) is 11.7 Å². The van der Waals surface area contributed by atoms with E-state index < -0.39 is 6.04 Å². The number of para-hydroxylation sites is 2. The van der Waals surface area contributed by atoms with Crippen LogP contribution < -0.4 is 20.1 Å². The molecule has 1 aromatic heterocycles. The van der Waals surface area contributed by atoms with Gasteiger partial charge in [0.15, 0.2) is 0 Å². The van der Waals surface area contributed by atoms with Gasteiger partial charge in [0.25, 0.3) is 5.91 Å². The monoisotopic (exact) mass is 649 g/mol. The molecule has 4 aromatic carbocycles. The lowest BCUT2D eigenvalue weighted by molar-refractivity contribution is -0.113. The summed E-state index contributed by atoms with van der Waals surface area (Å²) in [6, 6.07) is 25.4. The van der Waals surface area contributed by atoms with Crippen molar-refractivity contribution in [2.75, 3.05) is 17.7 Å². The van der Waals surface area contributed by atoms with Crippen LogP contribution in [0.4, 0.5) is 16.0 Å². The molecule has 10 heteroatoms. The van der Waals surface area contributed by atoms with Crippen molar-refractivity contribution in [3.63, 3.8) is 0 Å². The maximum Gasteiger partial charge on any atom is 0.255 e. The van der Waals surface area contributed by atoms with Crippen molar-refractivity contribution in [1.82, 2.24) is 14.8 Å². The Bertz CT molecular complexity index is 1970. The SMILES string of the molecule is COc1ccccc1NC(=O)C1=C(C)Nc2nc(SCc3ccccc3F)nn2C1c1ccc(OCc2cc(C)c(C)cc2C)cc1. The number of ether oxygens (including phenoxy) is 2. The molecule has 1 atom stereocenters. The van der Waals surface area contributed by atoms with E-state index in [2.05, 4.69) is 43.5 Å². The summed E-state index contributed by atoms with van der Waals surface area (Å²) < 4.78 is 27.7. The molecular weight excluding hydrogens is 614 g/mol. The first kappa shape index (κ1) is 31.9. The molecule has 0 bridgehead atoms. The van der Waals surface area contributed by atoms with Crippen molar-refractivity contribution in [1.29, 1.82) is 0 Å². The van der Waals surface area contributed by atoms with Gasteiger partial charge in [0, 0.05) is 11.4 Å². The molecule has 0 radical (unpaired) electrons. The van der Waals surface area contributed by atoms with Crippen molar-refractivity contribution in [2.24, 2.45) is 0 Å². The number of anilines is 2. The second-order valence-electron chi connectivity index (χ2n) is 11.5. The van der Waals surface area contributed by atoms with E-state index in [1.807, 2.05) is 43.3 Å². The molecule has 1 aliphatic rings. The van der Waals surface area contributed by atoms with Crippen LogP contribution in [0.15, 0.2) is 101 Å². The maximum absolute atomic E-state index is 14.3. The van der Waals surface area contributed by atoms with E-state index >= 15 is 0 Å². The molecule has 1 aliphatic heterocycles. The van der Waals surface area contributed by atoms with Gasteiger partial charge in [-0.1, -0.05) is 66.4 Å². The molecular formula is C37H36FN5O3S. The van der Waals surface area contributed by atoms with Gasteiger partial charge in [-0.05, 0) is 91.4 Å². The van der Waals surface area contributed by atoms with Crippen LogP contribution in [0.5, 0.6) is 11.5 Å². The minimum atomic E-state index is -0.604. The number of thioether (sulfide) groups is 1. The molecule has 1 amide bonds. The Kier molecular flexibility index (Phi) is 9.31. The molecule has 47 heavy (non-hydrogen) atoms. The predicted octanol–water partition coefficient (Wildman–Crippen LogP) is 8.15. The Morgan fingerprint density at radius 1 is 0.936 bits per heavy atom. The number of amides is 1. The van der Waals surface area contributed by atoms with E-state index in [0.29, 0.717) is 57.5 Å². The number of methoxy groups -OCH3 is 1. The van der Waals surface area contributed by atoms with Crippen LogP contribution >= 0.6 is 11.8 Å². The van der Waals surface area contributed by atoms with Crippen LogP contribution in [0.25, 0.3) is 0 Å². The lowest BCUT2D eigenvalue weighted by Gasteiger charge is -2.29. The van der Waals surface area contributed by atoms with E-state index in [1.54, 1.807) is 42.1 Å². The van der Waals surface area contributed by atoms with Gasteiger partial charge >= 0.3 is 0 Å². The summed E-state index contributed by atoms with van der Waals surface area (Å²) in [5.74, 6) is 1.53. The van der Waals surface area contributed by atoms with Crippen molar-refractivity contribution < 1.29 is 18.7 Å². The van der Waals surface area contributed by atoms with E-state index in [1.165, 1.54) is 34.5 Å². The van der Waals surface area contributed by atoms with Gasteiger partial charge < -0.3 is 20.1 Å².